The van der Waals surface area contributed by atoms with Gasteiger partial charge in [0.1, 0.15) is 5.76 Å². The lowest BCUT2D eigenvalue weighted by Crippen LogP contribution is -2.18. The molecule has 114 valence electrons. The number of halogens is 3. The lowest BCUT2D eigenvalue weighted by molar-refractivity contribution is -0.139. The van der Waals surface area contributed by atoms with E-state index in [1.807, 2.05) is 0 Å². The molecule has 0 saturated carbocycles. The third-order valence-corrected chi connectivity index (χ3v) is 4.16. The Morgan fingerprint density at radius 2 is 1.95 bits per heavy atom. The fourth-order valence-electron chi connectivity index (χ4n) is 1.98. The van der Waals surface area contributed by atoms with Crippen LogP contribution in [0.4, 0.5) is 13.2 Å². The molecule has 2 aromatic rings. The number of nitrogens with two attached hydrogens (primary N) is 1. The van der Waals surface area contributed by atoms with Crippen molar-refractivity contribution in [3.05, 3.63) is 47.4 Å². The van der Waals surface area contributed by atoms with Gasteiger partial charge in [-0.25, -0.2) is 0 Å². The highest BCUT2D eigenvalue weighted by Crippen LogP contribution is 2.41. The molecule has 21 heavy (non-hydrogen) atoms. The summed E-state index contributed by atoms with van der Waals surface area (Å²) in [5.41, 5.74) is 5.61. The van der Waals surface area contributed by atoms with Gasteiger partial charge in [-0.3, -0.25) is 0 Å². The first kappa shape index (κ1) is 16.0. The minimum atomic E-state index is -4.40. The van der Waals surface area contributed by atoms with Gasteiger partial charge in [-0.2, -0.15) is 13.2 Å². The Hall–Kier alpha value is -1.40. The van der Waals surface area contributed by atoms with Crippen molar-refractivity contribution in [2.45, 2.75) is 42.3 Å². The molecule has 0 saturated heterocycles. The van der Waals surface area contributed by atoms with E-state index in [-0.39, 0.29) is 10.9 Å². The van der Waals surface area contributed by atoms with E-state index in [1.165, 1.54) is 18.4 Å². The fraction of sp³-hybridized carbons (Fsp3) is 0.333. The van der Waals surface area contributed by atoms with Crippen LogP contribution in [0.25, 0.3) is 0 Å². The molecular weight excluding hydrogens is 299 g/mol. The van der Waals surface area contributed by atoms with Gasteiger partial charge in [0, 0.05) is 10.9 Å². The van der Waals surface area contributed by atoms with E-state index in [0.29, 0.717) is 22.6 Å². The fourth-order valence-corrected chi connectivity index (χ4v) is 2.96. The van der Waals surface area contributed by atoms with Gasteiger partial charge in [0.15, 0.2) is 0 Å². The molecule has 1 atom stereocenters. The molecule has 0 amide bonds. The maximum Gasteiger partial charge on any atom is 0.417 e. The van der Waals surface area contributed by atoms with Crippen molar-refractivity contribution < 1.29 is 17.6 Å². The van der Waals surface area contributed by atoms with Crippen LogP contribution >= 0.6 is 11.8 Å². The predicted octanol–water partition coefficient (Wildman–Crippen LogP) is 4.65. The Morgan fingerprint density at radius 3 is 2.48 bits per heavy atom. The van der Waals surface area contributed by atoms with E-state index in [0.717, 1.165) is 11.8 Å². The second-order valence-corrected chi connectivity index (χ2v) is 6.04. The quantitative estimate of drug-likeness (QED) is 0.893. The molecular formula is C15H16F3NOS. The topological polar surface area (TPSA) is 39.2 Å². The maximum atomic E-state index is 13.2. The Labute approximate surface area is 125 Å². The van der Waals surface area contributed by atoms with Crippen molar-refractivity contribution in [3.63, 3.8) is 0 Å². The first-order valence-electron chi connectivity index (χ1n) is 6.45. The Morgan fingerprint density at radius 1 is 1.24 bits per heavy atom. The summed E-state index contributed by atoms with van der Waals surface area (Å²) < 4.78 is 44.8. The minimum Gasteiger partial charge on any atom is -0.468 e. The van der Waals surface area contributed by atoms with E-state index < -0.39 is 11.7 Å². The van der Waals surface area contributed by atoms with Crippen LogP contribution in [0.3, 0.4) is 0 Å². The number of aryl methyl sites for hydroxylation is 1. The SMILES string of the molecule is Cc1occc1Sc1ccc(CC(C)N)cc1C(F)(F)F. The molecule has 2 nitrogen and oxygen atoms in total. The third-order valence-electron chi connectivity index (χ3n) is 2.94. The van der Waals surface area contributed by atoms with Gasteiger partial charge in [0.25, 0.3) is 0 Å². The van der Waals surface area contributed by atoms with Crippen molar-refractivity contribution in [2.24, 2.45) is 5.73 Å². The van der Waals surface area contributed by atoms with Crippen LogP contribution in [-0.2, 0) is 12.6 Å². The van der Waals surface area contributed by atoms with Crippen molar-refractivity contribution in [3.8, 4) is 0 Å². The minimum absolute atomic E-state index is 0.167. The van der Waals surface area contributed by atoms with Gasteiger partial charge < -0.3 is 10.2 Å². The molecule has 2 N–H and O–H groups in total. The van der Waals surface area contributed by atoms with Crippen LogP contribution in [0, 0.1) is 6.92 Å². The number of hydrogen-bond acceptors (Lipinski definition) is 3. The second-order valence-electron chi connectivity index (χ2n) is 4.95. The highest BCUT2D eigenvalue weighted by molar-refractivity contribution is 7.99. The van der Waals surface area contributed by atoms with Gasteiger partial charge in [0.05, 0.1) is 16.7 Å². The van der Waals surface area contributed by atoms with E-state index in [1.54, 1.807) is 26.0 Å². The summed E-state index contributed by atoms with van der Waals surface area (Å²) in [5, 5.41) is 0. The van der Waals surface area contributed by atoms with Crippen LogP contribution in [-0.4, -0.2) is 6.04 Å². The molecule has 6 heteroatoms. The molecule has 0 radical (unpaired) electrons. The van der Waals surface area contributed by atoms with Crippen LogP contribution in [0.1, 0.15) is 23.8 Å². The molecule has 0 spiro atoms. The number of alkyl halides is 3. The molecule has 0 aliphatic rings. The summed E-state index contributed by atoms with van der Waals surface area (Å²) in [6, 6.07) is 5.85. The third kappa shape index (κ3) is 4.04. The number of benzene rings is 1. The monoisotopic (exact) mass is 315 g/mol. The normalized spacial score (nSPS) is 13.4. The number of furan rings is 1. The largest absolute Gasteiger partial charge is 0.468 e. The van der Waals surface area contributed by atoms with E-state index >= 15 is 0 Å². The summed E-state index contributed by atoms with van der Waals surface area (Å²) >= 11 is 1.06. The first-order valence-corrected chi connectivity index (χ1v) is 7.26. The number of rotatable bonds is 4. The van der Waals surface area contributed by atoms with Crippen LogP contribution in [0.2, 0.25) is 0 Å². The average molecular weight is 315 g/mol. The Kier molecular flexibility index (Phi) is 4.68. The molecule has 1 unspecified atom stereocenters. The van der Waals surface area contributed by atoms with E-state index in [2.05, 4.69) is 0 Å². The summed E-state index contributed by atoms with van der Waals surface area (Å²) in [6.07, 6.45) is -2.51. The lowest BCUT2D eigenvalue weighted by atomic mass is 10.0. The highest BCUT2D eigenvalue weighted by Gasteiger charge is 2.34. The zero-order valence-corrected chi connectivity index (χ0v) is 12.5. The molecule has 0 bridgehead atoms. The Balaban J connectivity index is 2.38. The van der Waals surface area contributed by atoms with Crippen LogP contribution in [0.5, 0.6) is 0 Å². The van der Waals surface area contributed by atoms with Crippen LogP contribution < -0.4 is 5.73 Å². The molecule has 1 aromatic heterocycles. The van der Waals surface area contributed by atoms with Crippen molar-refractivity contribution in [2.75, 3.05) is 0 Å². The lowest BCUT2D eigenvalue weighted by Gasteiger charge is -2.15. The van der Waals surface area contributed by atoms with Crippen molar-refractivity contribution >= 4 is 11.8 Å². The second kappa shape index (κ2) is 6.15. The molecule has 1 aromatic carbocycles. The van der Waals surface area contributed by atoms with Gasteiger partial charge in [-0.15, -0.1) is 0 Å². The van der Waals surface area contributed by atoms with Crippen molar-refractivity contribution in [1.82, 2.24) is 0 Å². The van der Waals surface area contributed by atoms with Gasteiger partial charge >= 0.3 is 6.18 Å². The highest BCUT2D eigenvalue weighted by atomic mass is 32.2. The zero-order chi connectivity index (χ0) is 15.6. The summed E-state index contributed by atoms with van der Waals surface area (Å²) in [4.78, 5) is 0.848. The van der Waals surface area contributed by atoms with E-state index in [4.69, 9.17) is 10.2 Å². The van der Waals surface area contributed by atoms with Gasteiger partial charge in [-0.05, 0) is 44.0 Å². The molecule has 2 rings (SSSR count). The van der Waals surface area contributed by atoms with Crippen LogP contribution in [0.15, 0.2) is 44.7 Å². The zero-order valence-electron chi connectivity index (χ0n) is 11.7. The van der Waals surface area contributed by atoms with Crippen molar-refractivity contribution in [1.29, 1.82) is 0 Å². The summed E-state index contributed by atoms with van der Waals surface area (Å²) in [6.45, 7) is 3.49. The predicted molar refractivity (Wildman–Crippen MR) is 76.4 cm³/mol. The molecule has 0 fully saturated rings. The molecule has 1 heterocycles. The number of hydrogen-bond donors (Lipinski definition) is 1. The molecule has 0 aliphatic heterocycles. The van der Waals surface area contributed by atoms with Gasteiger partial charge in [-0.1, -0.05) is 17.8 Å². The standard InChI is InChI=1S/C15H16F3NOS/c1-9(19)7-11-3-4-14(12(8-11)15(16,17)18)21-13-5-6-20-10(13)2/h3-6,8-9H,7,19H2,1-2H3. The first-order chi connectivity index (χ1) is 9.77. The summed E-state index contributed by atoms with van der Waals surface area (Å²) in [5.74, 6) is 0.604. The Bertz CT molecular complexity index is 620. The molecule has 0 aliphatic carbocycles. The van der Waals surface area contributed by atoms with E-state index in [9.17, 15) is 13.2 Å². The van der Waals surface area contributed by atoms with Gasteiger partial charge in [0.2, 0.25) is 0 Å². The average Bonchev–Trinajstić information content (AvgIpc) is 2.75. The maximum absolute atomic E-state index is 13.2. The summed E-state index contributed by atoms with van der Waals surface area (Å²) in [7, 11) is 0. The smallest absolute Gasteiger partial charge is 0.417 e.